The first kappa shape index (κ1) is 14.8. The van der Waals surface area contributed by atoms with Crippen LogP contribution in [0.2, 0.25) is 0 Å². The maximum Gasteiger partial charge on any atom is 0.236 e. The third-order valence-electron chi connectivity index (χ3n) is 4.62. The highest BCUT2D eigenvalue weighted by Crippen LogP contribution is 2.15. The molecular weight excluding hydrogens is 240 g/mol. The molecule has 0 bridgehead atoms. The fraction of sp³-hybridized carbons (Fsp3) is 0.929. The van der Waals surface area contributed by atoms with Crippen molar-refractivity contribution in [3.8, 4) is 0 Å². The van der Waals surface area contributed by atoms with Crippen LogP contribution in [0.15, 0.2) is 0 Å². The zero-order valence-corrected chi connectivity index (χ0v) is 12.3. The standard InChI is InChI=1S/C14H28N4O/c1-16-7-5-13(6-8-16)17(2)14(19)11-18-9-3-12(15)4-10-18/h12-13H,3-11,15H2,1-2H3. The van der Waals surface area contributed by atoms with E-state index in [-0.39, 0.29) is 5.91 Å². The molecule has 0 unspecified atom stereocenters. The van der Waals surface area contributed by atoms with Gasteiger partial charge in [-0.15, -0.1) is 0 Å². The molecule has 2 aliphatic heterocycles. The van der Waals surface area contributed by atoms with Crippen LogP contribution in [-0.4, -0.2) is 79.5 Å². The third-order valence-corrected chi connectivity index (χ3v) is 4.62. The minimum Gasteiger partial charge on any atom is -0.342 e. The number of carbonyl (C=O) groups excluding carboxylic acids is 1. The number of hydrogen-bond acceptors (Lipinski definition) is 4. The highest BCUT2D eigenvalue weighted by Gasteiger charge is 2.26. The summed E-state index contributed by atoms with van der Waals surface area (Å²) in [5.41, 5.74) is 5.89. The molecule has 2 fully saturated rings. The van der Waals surface area contributed by atoms with E-state index < -0.39 is 0 Å². The van der Waals surface area contributed by atoms with Crippen molar-refractivity contribution >= 4 is 5.91 Å². The van der Waals surface area contributed by atoms with E-state index in [4.69, 9.17) is 5.73 Å². The number of amides is 1. The Labute approximate surface area is 116 Å². The van der Waals surface area contributed by atoms with Crippen LogP contribution in [0, 0.1) is 0 Å². The molecule has 2 saturated heterocycles. The SMILES string of the molecule is CN1CCC(N(C)C(=O)CN2CCC(N)CC2)CC1. The van der Waals surface area contributed by atoms with E-state index in [9.17, 15) is 4.79 Å². The normalized spacial score (nSPS) is 24.6. The Balaban J connectivity index is 1.76. The lowest BCUT2D eigenvalue weighted by Gasteiger charge is -2.37. The summed E-state index contributed by atoms with van der Waals surface area (Å²) in [6.07, 6.45) is 4.24. The number of nitrogens with zero attached hydrogens (tertiary/aromatic N) is 3. The van der Waals surface area contributed by atoms with Crippen LogP contribution in [-0.2, 0) is 4.79 Å². The molecule has 110 valence electrons. The van der Waals surface area contributed by atoms with E-state index in [1.807, 2.05) is 11.9 Å². The summed E-state index contributed by atoms with van der Waals surface area (Å²) >= 11 is 0. The molecule has 0 aliphatic carbocycles. The van der Waals surface area contributed by atoms with Gasteiger partial charge in [0.2, 0.25) is 5.91 Å². The molecule has 2 N–H and O–H groups in total. The van der Waals surface area contributed by atoms with Crippen molar-refractivity contribution in [3.05, 3.63) is 0 Å². The van der Waals surface area contributed by atoms with Crippen LogP contribution in [0.5, 0.6) is 0 Å². The van der Waals surface area contributed by atoms with Crippen LogP contribution in [0.3, 0.4) is 0 Å². The van der Waals surface area contributed by atoms with Gasteiger partial charge in [0.25, 0.3) is 0 Å². The van der Waals surface area contributed by atoms with E-state index in [0.29, 0.717) is 18.6 Å². The zero-order chi connectivity index (χ0) is 13.8. The van der Waals surface area contributed by atoms with Gasteiger partial charge < -0.3 is 15.5 Å². The smallest absolute Gasteiger partial charge is 0.236 e. The van der Waals surface area contributed by atoms with E-state index in [1.54, 1.807) is 0 Å². The molecule has 5 nitrogen and oxygen atoms in total. The van der Waals surface area contributed by atoms with E-state index in [1.165, 1.54) is 0 Å². The van der Waals surface area contributed by atoms with Crippen LogP contribution < -0.4 is 5.73 Å². The summed E-state index contributed by atoms with van der Waals surface area (Å²) in [5, 5.41) is 0. The minimum atomic E-state index is 0.269. The van der Waals surface area contributed by atoms with Crippen molar-refractivity contribution < 1.29 is 4.79 Å². The van der Waals surface area contributed by atoms with Crippen molar-refractivity contribution in [2.45, 2.75) is 37.8 Å². The number of likely N-dealkylation sites (tertiary alicyclic amines) is 2. The monoisotopic (exact) mass is 268 g/mol. The molecule has 2 aliphatic rings. The fourth-order valence-electron chi connectivity index (χ4n) is 3.00. The molecule has 0 spiro atoms. The minimum absolute atomic E-state index is 0.269. The summed E-state index contributed by atoms with van der Waals surface area (Å²) in [7, 11) is 4.11. The topological polar surface area (TPSA) is 52.8 Å². The van der Waals surface area contributed by atoms with Gasteiger partial charge in [0.15, 0.2) is 0 Å². The zero-order valence-electron chi connectivity index (χ0n) is 12.3. The van der Waals surface area contributed by atoms with Crippen LogP contribution in [0.25, 0.3) is 0 Å². The maximum atomic E-state index is 12.3. The van der Waals surface area contributed by atoms with E-state index >= 15 is 0 Å². The second-order valence-electron chi connectivity index (χ2n) is 6.15. The first-order valence-electron chi connectivity index (χ1n) is 7.48. The lowest BCUT2D eigenvalue weighted by Crippen LogP contribution is -2.49. The van der Waals surface area contributed by atoms with Crippen molar-refractivity contribution in [1.29, 1.82) is 0 Å². The van der Waals surface area contributed by atoms with Gasteiger partial charge in [0, 0.05) is 32.2 Å². The van der Waals surface area contributed by atoms with Gasteiger partial charge in [-0.3, -0.25) is 9.69 Å². The maximum absolute atomic E-state index is 12.3. The average molecular weight is 268 g/mol. The molecule has 0 aromatic rings. The Hall–Kier alpha value is -0.650. The van der Waals surface area contributed by atoms with Gasteiger partial charge in [-0.25, -0.2) is 0 Å². The number of hydrogen-bond donors (Lipinski definition) is 1. The van der Waals surface area contributed by atoms with E-state index in [0.717, 1.165) is 51.9 Å². The summed E-state index contributed by atoms with van der Waals surface area (Å²) in [5.74, 6) is 0.269. The van der Waals surface area contributed by atoms with Gasteiger partial charge in [-0.1, -0.05) is 0 Å². The summed E-state index contributed by atoms with van der Waals surface area (Å²) in [6.45, 7) is 4.69. The molecule has 0 aromatic heterocycles. The molecule has 0 aromatic carbocycles. The molecule has 5 heteroatoms. The predicted molar refractivity (Wildman–Crippen MR) is 76.9 cm³/mol. The molecule has 2 rings (SSSR count). The molecule has 2 heterocycles. The second kappa shape index (κ2) is 6.68. The largest absolute Gasteiger partial charge is 0.342 e. The lowest BCUT2D eigenvalue weighted by atomic mass is 10.0. The molecule has 0 radical (unpaired) electrons. The Morgan fingerprint density at radius 2 is 1.74 bits per heavy atom. The summed E-state index contributed by atoms with van der Waals surface area (Å²) < 4.78 is 0. The second-order valence-corrected chi connectivity index (χ2v) is 6.15. The number of nitrogens with two attached hydrogens (primary N) is 1. The molecule has 1 amide bonds. The molecule has 0 atom stereocenters. The summed E-state index contributed by atoms with van der Waals surface area (Å²) in [4.78, 5) is 18.9. The molecular formula is C14H28N4O. The highest BCUT2D eigenvalue weighted by molar-refractivity contribution is 5.78. The first-order valence-corrected chi connectivity index (χ1v) is 7.48. The third kappa shape index (κ3) is 4.16. The quantitative estimate of drug-likeness (QED) is 0.780. The van der Waals surface area contributed by atoms with Gasteiger partial charge >= 0.3 is 0 Å². The fourth-order valence-corrected chi connectivity index (χ4v) is 3.00. The number of likely N-dealkylation sites (N-methyl/N-ethyl adjacent to an activating group) is 1. The van der Waals surface area contributed by atoms with Crippen molar-refractivity contribution in [3.63, 3.8) is 0 Å². The number of carbonyl (C=O) groups is 1. The van der Waals surface area contributed by atoms with Gasteiger partial charge in [-0.05, 0) is 45.8 Å². The van der Waals surface area contributed by atoms with Crippen molar-refractivity contribution in [2.75, 3.05) is 46.8 Å². The van der Waals surface area contributed by atoms with Crippen LogP contribution >= 0.6 is 0 Å². The lowest BCUT2D eigenvalue weighted by molar-refractivity contribution is -0.134. The van der Waals surface area contributed by atoms with Crippen molar-refractivity contribution in [2.24, 2.45) is 5.73 Å². The Morgan fingerprint density at radius 1 is 1.16 bits per heavy atom. The van der Waals surface area contributed by atoms with Gasteiger partial charge in [0.05, 0.1) is 6.54 Å². The van der Waals surface area contributed by atoms with E-state index in [2.05, 4.69) is 16.8 Å². The van der Waals surface area contributed by atoms with Crippen LogP contribution in [0.1, 0.15) is 25.7 Å². The Morgan fingerprint density at radius 3 is 2.32 bits per heavy atom. The summed E-state index contributed by atoms with van der Waals surface area (Å²) in [6, 6.07) is 0.758. The first-order chi connectivity index (χ1) is 9.06. The van der Waals surface area contributed by atoms with Gasteiger partial charge in [-0.2, -0.15) is 0 Å². The van der Waals surface area contributed by atoms with Crippen molar-refractivity contribution in [1.82, 2.24) is 14.7 Å². The highest BCUT2D eigenvalue weighted by atomic mass is 16.2. The Kier molecular flexibility index (Phi) is 5.19. The predicted octanol–water partition coefficient (Wildman–Crippen LogP) is -0.0379. The Bertz CT molecular complexity index is 294. The molecule has 19 heavy (non-hydrogen) atoms. The number of piperidine rings is 2. The average Bonchev–Trinajstić information content (AvgIpc) is 2.41. The van der Waals surface area contributed by atoms with Crippen LogP contribution in [0.4, 0.5) is 0 Å². The number of rotatable bonds is 3. The molecule has 0 saturated carbocycles. The van der Waals surface area contributed by atoms with Gasteiger partial charge in [0.1, 0.15) is 0 Å².